The van der Waals surface area contributed by atoms with E-state index in [-0.39, 0.29) is 6.61 Å². The van der Waals surface area contributed by atoms with Crippen LogP contribution in [0, 0.1) is 5.92 Å². The van der Waals surface area contributed by atoms with Crippen LogP contribution in [0.25, 0.3) is 0 Å². The molecular formula is C16H28N4O. The van der Waals surface area contributed by atoms with Gasteiger partial charge in [-0.1, -0.05) is 26.7 Å². The minimum atomic E-state index is 0.257. The van der Waals surface area contributed by atoms with E-state index in [1.54, 1.807) is 6.33 Å². The molecule has 1 saturated carbocycles. The summed E-state index contributed by atoms with van der Waals surface area (Å²) in [5.74, 6) is 2.24. The highest BCUT2D eigenvalue weighted by Gasteiger charge is 2.27. The van der Waals surface area contributed by atoms with E-state index in [0.717, 1.165) is 50.3 Å². The van der Waals surface area contributed by atoms with Gasteiger partial charge in [0.2, 0.25) is 0 Å². The maximum atomic E-state index is 9.47. The van der Waals surface area contributed by atoms with Crippen LogP contribution in [-0.4, -0.2) is 34.3 Å². The van der Waals surface area contributed by atoms with Gasteiger partial charge >= 0.3 is 0 Å². The Labute approximate surface area is 127 Å². The molecule has 0 aliphatic heterocycles. The lowest BCUT2D eigenvalue weighted by molar-refractivity contribution is 0.222. The van der Waals surface area contributed by atoms with Crippen LogP contribution in [0.4, 0.5) is 11.6 Å². The van der Waals surface area contributed by atoms with E-state index in [1.807, 2.05) is 0 Å². The average molecular weight is 292 g/mol. The maximum Gasteiger partial charge on any atom is 0.134 e. The number of rotatable bonds is 8. The molecule has 1 heterocycles. The molecular weight excluding hydrogens is 264 g/mol. The zero-order valence-corrected chi connectivity index (χ0v) is 13.2. The molecule has 3 N–H and O–H groups in total. The Kier molecular flexibility index (Phi) is 6.23. The molecule has 2 rings (SSSR count). The molecule has 2 atom stereocenters. The Bertz CT molecular complexity index is 438. The maximum absolute atomic E-state index is 9.47. The third-order valence-electron chi connectivity index (χ3n) is 4.20. The molecule has 21 heavy (non-hydrogen) atoms. The van der Waals surface area contributed by atoms with Crippen LogP contribution >= 0.6 is 0 Å². The zero-order valence-electron chi connectivity index (χ0n) is 13.2. The fourth-order valence-electron chi connectivity index (χ4n) is 3.04. The van der Waals surface area contributed by atoms with Gasteiger partial charge in [-0.2, -0.15) is 0 Å². The van der Waals surface area contributed by atoms with Gasteiger partial charge in [0.15, 0.2) is 0 Å². The van der Waals surface area contributed by atoms with Gasteiger partial charge in [-0.3, -0.25) is 0 Å². The molecule has 1 aromatic rings. The van der Waals surface area contributed by atoms with Crippen molar-refractivity contribution in [3.05, 3.63) is 11.9 Å². The Morgan fingerprint density at radius 3 is 2.71 bits per heavy atom. The van der Waals surface area contributed by atoms with Gasteiger partial charge in [-0.05, 0) is 25.7 Å². The molecule has 0 amide bonds. The van der Waals surface area contributed by atoms with Crippen LogP contribution in [0.1, 0.15) is 51.5 Å². The van der Waals surface area contributed by atoms with Crippen molar-refractivity contribution in [2.75, 3.05) is 23.8 Å². The molecule has 1 aliphatic carbocycles. The third-order valence-corrected chi connectivity index (χ3v) is 4.20. The zero-order chi connectivity index (χ0) is 15.1. The van der Waals surface area contributed by atoms with Gasteiger partial charge in [0.1, 0.15) is 18.0 Å². The lowest BCUT2D eigenvalue weighted by Gasteiger charge is -2.22. The van der Waals surface area contributed by atoms with Crippen LogP contribution in [0.15, 0.2) is 6.33 Å². The molecule has 2 unspecified atom stereocenters. The van der Waals surface area contributed by atoms with Crippen LogP contribution in [0.2, 0.25) is 0 Å². The molecule has 0 bridgehead atoms. The van der Waals surface area contributed by atoms with E-state index in [2.05, 4.69) is 34.4 Å². The minimum absolute atomic E-state index is 0.257. The molecule has 1 aromatic heterocycles. The fourth-order valence-corrected chi connectivity index (χ4v) is 3.04. The van der Waals surface area contributed by atoms with Crippen molar-refractivity contribution in [1.29, 1.82) is 0 Å². The molecule has 5 nitrogen and oxygen atoms in total. The first-order valence-corrected chi connectivity index (χ1v) is 8.25. The van der Waals surface area contributed by atoms with Crippen LogP contribution < -0.4 is 10.6 Å². The number of aliphatic hydroxyl groups excluding tert-OH is 1. The van der Waals surface area contributed by atoms with Crippen molar-refractivity contribution in [2.45, 2.75) is 58.4 Å². The quantitative estimate of drug-likeness (QED) is 0.687. The minimum Gasteiger partial charge on any atom is -0.396 e. The lowest BCUT2D eigenvalue weighted by atomic mass is 10.0. The number of nitrogens with one attached hydrogen (secondary N) is 2. The standard InChI is InChI=1S/C16H28N4O/c1-3-6-13-15(17-9-4-2)18-11-19-16(13)20-14-8-5-7-12(14)10-21/h11-12,14,21H,3-10H2,1-2H3,(H2,17,18,19,20). The Morgan fingerprint density at radius 2 is 2.00 bits per heavy atom. The Balaban J connectivity index is 2.16. The van der Waals surface area contributed by atoms with Crippen molar-refractivity contribution < 1.29 is 5.11 Å². The summed E-state index contributed by atoms with van der Waals surface area (Å²) in [4.78, 5) is 8.85. The topological polar surface area (TPSA) is 70.1 Å². The number of nitrogens with zero attached hydrogens (tertiary/aromatic N) is 2. The smallest absolute Gasteiger partial charge is 0.134 e. The predicted molar refractivity (Wildman–Crippen MR) is 86.6 cm³/mol. The van der Waals surface area contributed by atoms with E-state index in [0.29, 0.717) is 12.0 Å². The fraction of sp³-hybridized carbons (Fsp3) is 0.750. The molecule has 0 radical (unpaired) electrons. The second-order valence-corrected chi connectivity index (χ2v) is 5.85. The van der Waals surface area contributed by atoms with Crippen molar-refractivity contribution in [2.24, 2.45) is 5.92 Å². The average Bonchev–Trinajstić information content (AvgIpc) is 2.95. The summed E-state index contributed by atoms with van der Waals surface area (Å²) in [5, 5.41) is 16.4. The van der Waals surface area contributed by atoms with Crippen LogP contribution in [0.3, 0.4) is 0 Å². The molecule has 1 fully saturated rings. The summed E-state index contributed by atoms with van der Waals surface area (Å²) in [5.41, 5.74) is 1.18. The second-order valence-electron chi connectivity index (χ2n) is 5.85. The van der Waals surface area contributed by atoms with Crippen molar-refractivity contribution >= 4 is 11.6 Å². The summed E-state index contributed by atoms with van der Waals surface area (Å²) < 4.78 is 0. The monoisotopic (exact) mass is 292 g/mol. The van der Waals surface area contributed by atoms with Gasteiger partial charge < -0.3 is 15.7 Å². The highest BCUT2D eigenvalue weighted by Crippen LogP contribution is 2.30. The van der Waals surface area contributed by atoms with Crippen LogP contribution in [-0.2, 0) is 6.42 Å². The third kappa shape index (κ3) is 4.06. The number of anilines is 2. The van der Waals surface area contributed by atoms with Gasteiger partial charge in [-0.15, -0.1) is 0 Å². The first-order valence-electron chi connectivity index (χ1n) is 8.25. The molecule has 0 spiro atoms. The molecule has 0 aromatic carbocycles. The number of aromatic nitrogens is 2. The van der Waals surface area contributed by atoms with E-state index in [9.17, 15) is 5.11 Å². The van der Waals surface area contributed by atoms with Crippen molar-refractivity contribution in [3.8, 4) is 0 Å². The van der Waals surface area contributed by atoms with Crippen molar-refractivity contribution in [3.63, 3.8) is 0 Å². The normalized spacial score (nSPS) is 21.5. The molecule has 118 valence electrons. The van der Waals surface area contributed by atoms with Gasteiger partial charge in [-0.25, -0.2) is 9.97 Å². The van der Waals surface area contributed by atoms with Gasteiger partial charge in [0, 0.05) is 30.7 Å². The van der Waals surface area contributed by atoms with E-state index < -0.39 is 0 Å². The van der Waals surface area contributed by atoms with E-state index >= 15 is 0 Å². The Hall–Kier alpha value is -1.36. The summed E-state index contributed by atoms with van der Waals surface area (Å²) >= 11 is 0. The second kappa shape index (κ2) is 8.17. The number of hydrogen-bond acceptors (Lipinski definition) is 5. The van der Waals surface area contributed by atoms with Gasteiger partial charge in [0.25, 0.3) is 0 Å². The summed E-state index contributed by atoms with van der Waals surface area (Å²) in [6.45, 7) is 5.51. The van der Waals surface area contributed by atoms with E-state index in [4.69, 9.17) is 0 Å². The van der Waals surface area contributed by atoms with Crippen LogP contribution in [0.5, 0.6) is 0 Å². The molecule has 1 aliphatic rings. The predicted octanol–water partition coefficient (Wildman–Crippen LogP) is 2.82. The SMILES string of the molecule is CCCNc1ncnc(NC2CCCC2CO)c1CCC. The number of aliphatic hydroxyl groups is 1. The van der Waals surface area contributed by atoms with E-state index in [1.165, 1.54) is 12.0 Å². The number of hydrogen-bond donors (Lipinski definition) is 3. The highest BCUT2D eigenvalue weighted by atomic mass is 16.3. The summed E-state index contributed by atoms with van der Waals surface area (Å²) in [6.07, 6.45) is 8.12. The molecule has 5 heteroatoms. The summed E-state index contributed by atoms with van der Waals surface area (Å²) in [7, 11) is 0. The first kappa shape index (κ1) is 16.0. The Morgan fingerprint density at radius 1 is 1.19 bits per heavy atom. The summed E-state index contributed by atoms with van der Waals surface area (Å²) in [6, 6.07) is 0.333. The molecule has 0 saturated heterocycles. The van der Waals surface area contributed by atoms with Gasteiger partial charge in [0.05, 0.1) is 0 Å². The van der Waals surface area contributed by atoms with Crippen molar-refractivity contribution in [1.82, 2.24) is 9.97 Å². The largest absolute Gasteiger partial charge is 0.396 e. The first-order chi connectivity index (χ1) is 10.3. The highest BCUT2D eigenvalue weighted by molar-refractivity contribution is 5.58. The lowest BCUT2D eigenvalue weighted by Crippen LogP contribution is -2.27.